The zero-order valence-electron chi connectivity index (χ0n) is 22.8. The highest BCUT2D eigenvalue weighted by Crippen LogP contribution is 2.48. The van der Waals surface area contributed by atoms with Gasteiger partial charge in [0.2, 0.25) is 0 Å². The number of hydrogen-bond acceptors (Lipinski definition) is 6. The third kappa shape index (κ3) is 4.87. The van der Waals surface area contributed by atoms with Crippen LogP contribution in [0.5, 0.6) is 17.2 Å². The number of amides is 2. The molecule has 0 aliphatic carbocycles. The summed E-state index contributed by atoms with van der Waals surface area (Å²) in [6.07, 6.45) is 1.23. The van der Waals surface area contributed by atoms with Gasteiger partial charge in [-0.1, -0.05) is 30.3 Å². The molecule has 3 aromatic carbocycles. The number of urea groups is 1. The summed E-state index contributed by atoms with van der Waals surface area (Å²) in [7, 11) is 4.81. The number of carbonyl (C=O) groups excluding carboxylic acids is 2. The Balaban J connectivity index is 1.69. The monoisotopic (exact) mass is 530 g/mol. The van der Waals surface area contributed by atoms with Gasteiger partial charge >= 0.3 is 12.0 Å². The van der Waals surface area contributed by atoms with Gasteiger partial charge < -0.3 is 23.8 Å². The maximum Gasteiger partial charge on any atom is 0.329 e. The van der Waals surface area contributed by atoms with Crippen molar-refractivity contribution in [2.75, 3.05) is 39.4 Å². The number of hydrogen-bond donors (Lipinski definition) is 0. The molecule has 8 heteroatoms. The fourth-order valence-corrected chi connectivity index (χ4v) is 5.91. The first-order chi connectivity index (χ1) is 19.0. The highest BCUT2D eigenvalue weighted by molar-refractivity contribution is 6.00. The largest absolute Gasteiger partial charge is 0.497 e. The summed E-state index contributed by atoms with van der Waals surface area (Å²) in [5.41, 5.74) is 3.75. The molecule has 3 atom stereocenters. The molecule has 39 heavy (non-hydrogen) atoms. The van der Waals surface area contributed by atoms with E-state index in [0.29, 0.717) is 42.3 Å². The van der Waals surface area contributed by atoms with E-state index < -0.39 is 12.0 Å². The zero-order valence-corrected chi connectivity index (χ0v) is 22.8. The minimum Gasteiger partial charge on any atom is -0.497 e. The van der Waals surface area contributed by atoms with Gasteiger partial charge in [-0.3, -0.25) is 4.90 Å². The summed E-state index contributed by atoms with van der Waals surface area (Å²) in [6, 6.07) is 19.8. The minimum atomic E-state index is -0.841. The van der Waals surface area contributed by atoms with Crippen molar-refractivity contribution in [3.8, 4) is 17.2 Å². The molecule has 0 unspecified atom stereocenters. The number of benzene rings is 3. The van der Waals surface area contributed by atoms with Crippen molar-refractivity contribution >= 4 is 17.7 Å². The van der Waals surface area contributed by atoms with E-state index in [-0.39, 0.29) is 24.6 Å². The molecule has 1 fully saturated rings. The van der Waals surface area contributed by atoms with Crippen molar-refractivity contribution in [2.24, 2.45) is 5.92 Å². The number of nitrogens with zero attached hydrogens (tertiary/aromatic N) is 2. The average Bonchev–Trinajstić information content (AvgIpc) is 2.97. The maximum absolute atomic E-state index is 14.3. The summed E-state index contributed by atoms with van der Waals surface area (Å²) < 4.78 is 22.2. The summed E-state index contributed by atoms with van der Waals surface area (Å²) in [5, 5.41) is 0. The molecule has 1 saturated heterocycles. The number of rotatable bonds is 8. The van der Waals surface area contributed by atoms with Crippen molar-refractivity contribution in [1.29, 1.82) is 0 Å². The molecule has 2 aliphatic heterocycles. The normalized spacial score (nSPS) is 20.1. The first-order valence-electron chi connectivity index (χ1n) is 13.2. The smallest absolute Gasteiger partial charge is 0.329 e. The SMILES string of the molecule is CCOC(=O)[C@H]1[C@@H](Cc2ccccc2)[C@@H]2c3cc(OC)c(OC)cc3CCN2C(=O)N1c1ccc(OC)cc1. The molecule has 0 spiro atoms. The van der Waals surface area contributed by atoms with Crippen LogP contribution >= 0.6 is 0 Å². The van der Waals surface area contributed by atoms with Gasteiger partial charge in [0.15, 0.2) is 11.5 Å². The third-order valence-corrected chi connectivity index (χ3v) is 7.66. The van der Waals surface area contributed by atoms with Crippen molar-refractivity contribution < 1.29 is 28.5 Å². The Morgan fingerprint density at radius 3 is 2.26 bits per heavy atom. The van der Waals surface area contributed by atoms with Gasteiger partial charge in [-0.25, -0.2) is 9.59 Å². The van der Waals surface area contributed by atoms with Gasteiger partial charge in [-0.05, 0) is 72.9 Å². The quantitative estimate of drug-likeness (QED) is 0.380. The van der Waals surface area contributed by atoms with Gasteiger partial charge in [0.05, 0.1) is 34.0 Å². The fourth-order valence-electron chi connectivity index (χ4n) is 5.91. The number of esters is 1. The van der Waals surface area contributed by atoms with E-state index in [2.05, 4.69) is 12.1 Å². The topological polar surface area (TPSA) is 77.5 Å². The van der Waals surface area contributed by atoms with Gasteiger partial charge in [0.1, 0.15) is 11.8 Å². The van der Waals surface area contributed by atoms with Crippen molar-refractivity contribution in [1.82, 2.24) is 4.90 Å². The van der Waals surface area contributed by atoms with Gasteiger partial charge in [0.25, 0.3) is 0 Å². The van der Waals surface area contributed by atoms with Crippen LogP contribution in [0.2, 0.25) is 0 Å². The average molecular weight is 531 g/mol. The molecule has 5 rings (SSSR count). The second kappa shape index (κ2) is 11.3. The van der Waals surface area contributed by atoms with E-state index in [4.69, 9.17) is 18.9 Å². The molecule has 2 amide bonds. The van der Waals surface area contributed by atoms with E-state index in [1.165, 1.54) is 0 Å². The molecule has 0 radical (unpaired) electrons. The fraction of sp³-hybridized carbons (Fsp3) is 0.355. The molecule has 0 bridgehead atoms. The highest BCUT2D eigenvalue weighted by atomic mass is 16.5. The van der Waals surface area contributed by atoms with E-state index in [1.807, 2.05) is 47.4 Å². The van der Waals surface area contributed by atoms with E-state index in [1.54, 1.807) is 45.3 Å². The molecule has 0 saturated carbocycles. The molecule has 2 heterocycles. The van der Waals surface area contributed by atoms with E-state index in [0.717, 1.165) is 16.7 Å². The summed E-state index contributed by atoms with van der Waals surface area (Å²) in [6.45, 7) is 2.51. The third-order valence-electron chi connectivity index (χ3n) is 7.66. The molecule has 204 valence electrons. The van der Waals surface area contributed by atoms with Crippen molar-refractivity contribution in [2.45, 2.75) is 31.8 Å². The Bertz CT molecular complexity index is 1330. The predicted molar refractivity (Wildman–Crippen MR) is 148 cm³/mol. The molecular formula is C31H34N2O6. The molecule has 2 aliphatic rings. The molecule has 0 aromatic heterocycles. The second-order valence-corrected chi connectivity index (χ2v) is 9.70. The minimum absolute atomic E-state index is 0.216. The molecule has 3 aromatic rings. The first-order valence-corrected chi connectivity index (χ1v) is 13.2. The molecular weight excluding hydrogens is 496 g/mol. The standard InChI is InChI=1S/C31H34N2O6/c1-5-39-30(34)29-25(17-20-9-7-6-8-10-20)28-24-19-27(38-4)26(37-3)18-21(24)15-16-32(28)31(35)33(29)22-11-13-23(36-2)14-12-22/h6-14,18-19,25,28-29H,5,15-17H2,1-4H3/t25-,28-,29+/m0/s1. The lowest BCUT2D eigenvalue weighted by Crippen LogP contribution is -2.64. The predicted octanol–water partition coefficient (Wildman–Crippen LogP) is 5.04. The van der Waals surface area contributed by atoms with E-state index >= 15 is 0 Å². The van der Waals surface area contributed by atoms with E-state index in [9.17, 15) is 9.59 Å². The molecule has 0 N–H and O–H groups in total. The Kier molecular flexibility index (Phi) is 7.63. The van der Waals surface area contributed by atoms with Crippen LogP contribution in [-0.4, -0.2) is 57.4 Å². The summed E-state index contributed by atoms with van der Waals surface area (Å²) in [4.78, 5) is 31.5. The Morgan fingerprint density at radius 2 is 1.62 bits per heavy atom. The summed E-state index contributed by atoms with van der Waals surface area (Å²) in [5.74, 6) is 1.18. The van der Waals surface area contributed by atoms with Gasteiger partial charge in [-0.15, -0.1) is 0 Å². The van der Waals surface area contributed by atoms with Crippen molar-refractivity contribution in [3.05, 3.63) is 83.4 Å². The molecule has 8 nitrogen and oxygen atoms in total. The van der Waals surface area contributed by atoms with Gasteiger partial charge in [-0.2, -0.15) is 0 Å². The van der Waals surface area contributed by atoms with Gasteiger partial charge in [0, 0.05) is 18.2 Å². The summed E-state index contributed by atoms with van der Waals surface area (Å²) >= 11 is 0. The van der Waals surface area contributed by atoms with Crippen LogP contribution in [0.25, 0.3) is 0 Å². The van der Waals surface area contributed by atoms with Crippen LogP contribution in [0, 0.1) is 5.92 Å². The van der Waals surface area contributed by atoms with Crippen molar-refractivity contribution in [3.63, 3.8) is 0 Å². The van der Waals surface area contributed by atoms with Crippen LogP contribution in [-0.2, 0) is 22.4 Å². The number of ether oxygens (including phenoxy) is 4. The lowest BCUT2D eigenvalue weighted by atomic mass is 9.75. The lowest BCUT2D eigenvalue weighted by molar-refractivity contribution is -0.147. The number of anilines is 1. The maximum atomic E-state index is 14.3. The Labute approximate surface area is 229 Å². The lowest BCUT2D eigenvalue weighted by Gasteiger charge is -2.52. The second-order valence-electron chi connectivity index (χ2n) is 9.70. The number of fused-ring (bicyclic) bond motifs is 3. The first kappa shape index (κ1) is 26.4. The van der Waals surface area contributed by atoms with Crippen LogP contribution < -0.4 is 19.1 Å². The van der Waals surface area contributed by atoms with Crippen LogP contribution in [0.15, 0.2) is 66.7 Å². The van der Waals surface area contributed by atoms with Crippen LogP contribution in [0.3, 0.4) is 0 Å². The Hall–Kier alpha value is -4.20. The highest BCUT2D eigenvalue weighted by Gasteiger charge is 2.53. The number of methoxy groups -OCH3 is 3. The zero-order chi connectivity index (χ0) is 27.5. The van der Waals surface area contributed by atoms with Crippen LogP contribution in [0.4, 0.5) is 10.5 Å². The van der Waals surface area contributed by atoms with Crippen LogP contribution in [0.1, 0.15) is 29.7 Å². The number of carbonyl (C=O) groups is 2. The Morgan fingerprint density at radius 1 is 0.923 bits per heavy atom.